The Kier molecular flexibility index (Phi) is 5.74. The van der Waals surface area contributed by atoms with Gasteiger partial charge in [0.1, 0.15) is 11.5 Å². The lowest BCUT2D eigenvalue weighted by atomic mass is 9.95. The predicted octanol–water partition coefficient (Wildman–Crippen LogP) is 3.61. The molecular weight excluding hydrogens is 355 g/mol. The molecule has 1 N–H and O–H groups in total. The van der Waals surface area contributed by atoms with Crippen LogP contribution in [0.3, 0.4) is 0 Å². The normalized spacial score (nSPS) is 18.2. The molecule has 4 rings (SSSR count). The van der Waals surface area contributed by atoms with Crippen molar-refractivity contribution in [3.8, 4) is 0 Å². The number of rotatable bonds is 4. The van der Waals surface area contributed by atoms with E-state index in [0.29, 0.717) is 5.69 Å². The smallest absolute Gasteiger partial charge is 0.270 e. The molecule has 0 bridgehead atoms. The average Bonchev–Trinajstić information content (AvgIpc) is 2.75. The summed E-state index contributed by atoms with van der Waals surface area (Å²) in [5, 5.41) is 3.14. The summed E-state index contributed by atoms with van der Waals surface area (Å²) in [7, 11) is 0. The summed E-state index contributed by atoms with van der Waals surface area (Å²) >= 11 is 0. The molecule has 1 aromatic heterocycles. The number of amides is 1. The number of hydrogen-bond acceptors (Lipinski definition) is 4. The summed E-state index contributed by atoms with van der Waals surface area (Å²) in [4.78, 5) is 21.4. The van der Waals surface area contributed by atoms with E-state index < -0.39 is 0 Å². The largest absolute Gasteiger partial charge is 0.368 e. The minimum Gasteiger partial charge on any atom is -0.368 e. The van der Waals surface area contributed by atoms with E-state index in [1.54, 1.807) is 6.20 Å². The topological polar surface area (TPSA) is 48.5 Å². The van der Waals surface area contributed by atoms with Crippen molar-refractivity contribution >= 4 is 17.3 Å². The lowest BCUT2D eigenvalue weighted by Crippen LogP contribution is -2.46. The molecule has 1 saturated carbocycles. The van der Waals surface area contributed by atoms with Gasteiger partial charge in [0.05, 0.1) is 0 Å². The zero-order chi connectivity index (χ0) is 19.3. The highest BCUT2D eigenvalue weighted by atomic mass is 19.1. The standard InChI is InChI=1S/C22H27FN4O/c23-17-6-8-19(9-7-17)26-12-14-27(15-13-26)20-10-11-24-21(16-20)22(28)25-18-4-2-1-3-5-18/h6-11,16,18H,1-5,12-15H2,(H,25,28). The van der Waals surface area contributed by atoms with Crippen molar-refractivity contribution in [2.75, 3.05) is 36.0 Å². The van der Waals surface area contributed by atoms with Gasteiger partial charge in [-0.25, -0.2) is 4.39 Å². The SMILES string of the molecule is O=C(NC1CCCCC1)c1cc(N2CCN(c3ccc(F)cc3)CC2)ccn1. The van der Waals surface area contributed by atoms with E-state index in [1.807, 2.05) is 24.3 Å². The van der Waals surface area contributed by atoms with Crippen LogP contribution < -0.4 is 15.1 Å². The second-order valence-corrected chi connectivity index (χ2v) is 7.66. The van der Waals surface area contributed by atoms with Crippen LogP contribution in [0.1, 0.15) is 42.6 Å². The molecule has 1 saturated heterocycles. The molecule has 0 atom stereocenters. The maximum atomic E-state index is 13.1. The Morgan fingerprint density at radius 2 is 1.57 bits per heavy atom. The lowest BCUT2D eigenvalue weighted by Gasteiger charge is -2.37. The quantitative estimate of drug-likeness (QED) is 0.878. The molecule has 0 spiro atoms. The summed E-state index contributed by atoms with van der Waals surface area (Å²) in [6.07, 6.45) is 7.50. The van der Waals surface area contributed by atoms with E-state index in [2.05, 4.69) is 20.1 Å². The molecule has 2 heterocycles. The molecule has 2 aliphatic rings. The first-order valence-corrected chi connectivity index (χ1v) is 10.2. The van der Waals surface area contributed by atoms with Gasteiger partial charge in [0.2, 0.25) is 0 Å². The fraction of sp³-hybridized carbons (Fsp3) is 0.455. The van der Waals surface area contributed by atoms with E-state index in [0.717, 1.165) is 50.4 Å². The van der Waals surface area contributed by atoms with Crippen molar-refractivity contribution < 1.29 is 9.18 Å². The number of benzene rings is 1. The fourth-order valence-electron chi connectivity index (χ4n) is 4.12. The third kappa shape index (κ3) is 4.43. The summed E-state index contributed by atoms with van der Waals surface area (Å²) in [5.74, 6) is -0.281. The number of carbonyl (C=O) groups excluding carboxylic acids is 1. The number of hydrogen-bond donors (Lipinski definition) is 1. The number of aromatic nitrogens is 1. The zero-order valence-corrected chi connectivity index (χ0v) is 16.1. The minimum absolute atomic E-state index is 0.0706. The monoisotopic (exact) mass is 382 g/mol. The first-order chi connectivity index (χ1) is 13.7. The molecular formula is C22H27FN4O. The number of carbonyl (C=O) groups is 1. The van der Waals surface area contributed by atoms with Gasteiger partial charge in [0.15, 0.2) is 0 Å². The second-order valence-electron chi connectivity index (χ2n) is 7.66. The molecule has 148 valence electrons. The molecule has 1 aliphatic carbocycles. The van der Waals surface area contributed by atoms with E-state index >= 15 is 0 Å². The number of nitrogens with zero attached hydrogens (tertiary/aromatic N) is 3. The van der Waals surface area contributed by atoms with Gasteiger partial charge in [-0.05, 0) is 49.2 Å². The Morgan fingerprint density at radius 1 is 0.929 bits per heavy atom. The third-order valence-corrected chi connectivity index (χ3v) is 5.75. The predicted molar refractivity (Wildman–Crippen MR) is 109 cm³/mol. The van der Waals surface area contributed by atoms with E-state index in [1.165, 1.54) is 31.4 Å². The van der Waals surface area contributed by atoms with Crippen molar-refractivity contribution in [3.63, 3.8) is 0 Å². The van der Waals surface area contributed by atoms with Crippen molar-refractivity contribution in [2.45, 2.75) is 38.1 Å². The number of anilines is 2. The van der Waals surface area contributed by atoms with Crippen LogP contribution in [0.5, 0.6) is 0 Å². The van der Waals surface area contributed by atoms with Gasteiger partial charge in [-0.1, -0.05) is 19.3 Å². The first-order valence-electron chi connectivity index (χ1n) is 10.2. The Morgan fingerprint density at radius 3 is 2.25 bits per heavy atom. The summed E-state index contributed by atoms with van der Waals surface area (Å²) < 4.78 is 13.1. The maximum Gasteiger partial charge on any atom is 0.270 e. The highest BCUT2D eigenvalue weighted by Gasteiger charge is 2.20. The van der Waals surface area contributed by atoms with Crippen molar-refractivity contribution in [1.82, 2.24) is 10.3 Å². The highest BCUT2D eigenvalue weighted by Crippen LogP contribution is 2.22. The van der Waals surface area contributed by atoms with Gasteiger partial charge in [-0.15, -0.1) is 0 Å². The fourth-order valence-corrected chi connectivity index (χ4v) is 4.12. The maximum absolute atomic E-state index is 13.1. The van der Waals surface area contributed by atoms with Crippen molar-refractivity contribution in [1.29, 1.82) is 0 Å². The minimum atomic E-state index is -0.210. The van der Waals surface area contributed by atoms with Gasteiger partial charge in [0, 0.05) is 49.8 Å². The molecule has 0 unspecified atom stereocenters. The average molecular weight is 382 g/mol. The van der Waals surface area contributed by atoms with Crippen LogP contribution in [0, 0.1) is 5.82 Å². The molecule has 5 nitrogen and oxygen atoms in total. The molecule has 6 heteroatoms. The van der Waals surface area contributed by atoms with Crippen LogP contribution in [-0.2, 0) is 0 Å². The van der Waals surface area contributed by atoms with Crippen LogP contribution in [0.2, 0.25) is 0 Å². The zero-order valence-electron chi connectivity index (χ0n) is 16.1. The lowest BCUT2D eigenvalue weighted by molar-refractivity contribution is 0.0922. The van der Waals surface area contributed by atoms with Gasteiger partial charge in [-0.2, -0.15) is 0 Å². The Bertz CT molecular complexity index is 796. The summed E-state index contributed by atoms with van der Waals surface area (Å²) in [5.41, 5.74) is 2.56. The van der Waals surface area contributed by atoms with Gasteiger partial charge in [0.25, 0.3) is 5.91 Å². The number of halogens is 1. The van der Waals surface area contributed by atoms with Crippen LogP contribution in [0.15, 0.2) is 42.6 Å². The van der Waals surface area contributed by atoms with E-state index in [4.69, 9.17) is 0 Å². The highest BCUT2D eigenvalue weighted by molar-refractivity contribution is 5.93. The Labute approximate surface area is 165 Å². The van der Waals surface area contributed by atoms with E-state index in [-0.39, 0.29) is 17.8 Å². The molecule has 1 amide bonds. The van der Waals surface area contributed by atoms with Gasteiger partial charge >= 0.3 is 0 Å². The third-order valence-electron chi connectivity index (χ3n) is 5.75. The van der Waals surface area contributed by atoms with Crippen LogP contribution >= 0.6 is 0 Å². The van der Waals surface area contributed by atoms with Gasteiger partial charge < -0.3 is 15.1 Å². The molecule has 2 fully saturated rings. The molecule has 1 aliphatic heterocycles. The van der Waals surface area contributed by atoms with Crippen molar-refractivity contribution in [3.05, 3.63) is 54.1 Å². The molecule has 2 aromatic rings. The Balaban J connectivity index is 1.36. The molecule has 28 heavy (non-hydrogen) atoms. The molecule has 0 radical (unpaired) electrons. The number of pyridine rings is 1. The van der Waals surface area contributed by atoms with Crippen molar-refractivity contribution in [2.24, 2.45) is 0 Å². The van der Waals surface area contributed by atoms with Crippen LogP contribution in [0.25, 0.3) is 0 Å². The second kappa shape index (κ2) is 8.59. The van der Waals surface area contributed by atoms with Crippen LogP contribution in [0.4, 0.5) is 15.8 Å². The summed E-state index contributed by atoms with van der Waals surface area (Å²) in [6, 6.07) is 10.8. The van der Waals surface area contributed by atoms with Gasteiger partial charge in [-0.3, -0.25) is 9.78 Å². The first kappa shape index (κ1) is 18.7. The summed E-state index contributed by atoms with van der Waals surface area (Å²) in [6.45, 7) is 3.42. The molecule has 1 aromatic carbocycles. The van der Waals surface area contributed by atoms with Crippen LogP contribution in [-0.4, -0.2) is 43.1 Å². The Hall–Kier alpha value is -2.63. The number of nitrogens with one attached hydrogen (secondary N) is 1. The van der Waals surface area contributed by atoms with E-state index in [9.17, 15) is 9.18 Å². The number of piperazine rings is 1.